The van der Waals surface area contributed by atoms with E-state index in [1.165, 1.54) is 22.3 Å². The van der Waals surface area contributed by atoms with Crippen LogP contribution in [0.4, 0.5) is 10.1 Å². The number of halogens is 1. The Balaban J connectivity index is 1.84. The molecular weight excluding hydrogens is 315 g/mol. The van der Waals surface area contributed by atoms with Crippen LogP contribution in [-0.4, -0.2) is 35.8 Å². The van der Waals surface area contributed by atoms with E-state index in [2.05, 4.69) is 0 Å². The average Bonchev–Trinajstić information content (AvgIpc) is 3.06. The van der Waals surface area contributed by atoms with Gasteiger partial charge in [0, 0.05) is 13.1 Å². The number of hydrogen-bond donors (Lipinski definition) is 0. The predicted octanol–water partition coefficient (Wildman–Crippen LogP) is 3.07. The second-order valence-corrected chi connectivity index (χ2v) is 6.54. The van der Waals surface area contributed by atoms with Gasteiger partial charge in [-0.1, -0.05) is 12.1 Å². The van der Waals surface area contributed by atoms with Crippen LogP contribution in [-0.2, 0) is 4.79 Å². The second kappa shape index (κ2) is 6.12. The summed E-state index contributed by atoms with van der Waals surface area (Å²) in [5, 5.41) is 1.83. The molecule has 1 aromatic carbocycles. The van der Waals surface area contributed by atoms with Crippen molar-refractivity contribution >= 4 is 28.8 Å². The van der Waals surface area contributed by atoms with Gasteiger partial charge in [-0.25, -0.2) is 4.39 Å². The first-order valence-electron chi connectivity index (χ1n) is 7.41. The maximum atomic E-state index is 14.1. The summed E-state index contributed by atoms with van der Waals surface area (Å²) in [7, 11) is 0. The molecule has 1 saturated heterocycles. The Morgan fingerprint density at radius 1 is 1.30 bits per heavy atom. The van der Waals surface area contributed by atoms with E-state index in [1.54, 1.807) is 30.0 Å². The molecule has 1 fully saturated rings. The van der Waals surface area contributed by atoms with Crippen molar-refractivity contribution in [1.82, 2.24) is 4.90 Å². The molecule has 0 N–H and O–H groups in total. The van der Waals surface area contributed by atoms with Gasteiger partial charge in [0.1, 0.15) is 11.9 Å². The minimum Gasteiger partial charge on any atom is -0.324 e. The number of rotatable bonds is 2. The molecule has 0 aliphatic carbocycles. The van der Waals surface area contributed by atoms with E-state index in [1.807, 2.05) is 18.4 Å². The fourth-order valence-corrected chi connectivity index (χ4v) is 3.44. The molecule has 1 aliphatic rings. The van der Waals surface area contributed by atoms with Crippen LogP contribution in [0.15, 0.2) is 35.7 Å². The van der Waals surface area contributed by atoms with Crippen molar-refractivity contribution in [2.75, 3.05) is 18.0 Å². The minimum atomic E-state index is -0.613. The van der Waals surface area contributed by atoms with Gasteiger partial charge in [0.25, 0.3) is 5.91 Å². The number of carbonyl (C=O) groups excluding carboxylic acids is 2. The maximum absolute atomic E-state index is 14.1. The van der Waals surface area contributed by atoms with Crippen LogP contribution in [0.25, 0.3) is 0 Å². The zero-order valence-corrected chi connectivity index (χ0v) is 13.8. The molecule has 1 aromatic heterocycles. The molecule has 1 aliphatic heterocycles. The Kier molecular flexibility index (Phi) is 4.17. The Morgan fingerprint density at radius 3 is 2.78 bits per heavy atom. The summed E-state index contributed by atoms with van der Waals surface area (Å²) in [6.07, 6.45) is 0. The third kappa shape index (κ3) is 2.86. The summed E-state index contributed by atoms with van der Waals surface area (Å²) in [6, 6.07) is 7.64. The molecule has 2 heterocycles. The fourth-order valence-electron chi connectivity index (χ4n) is 2.76. The van der Waals surface area contributed by atoms with Gasteiger partial charge in [0.2, 0.25) is 5.91 Å². The van der Waals surface area contributed by atoms with Crippen molar-refractivity contribution < 1.29 is 14.0 Å². The smallest absolute Gasteiger partial charge is 0.264 e. The summed E-state index contributed by atoms with van der Waals surface area (Å²) in [5.41, 5.74) is 1.17. The Labute approximate surface area is 138 Å². The summed E-state index contributed by atoms with van der Waals surface area (Å²) < 4.78 is 14.1. The topological polar surface area (TPSA) is 40.6 Å². The number of aryl methyl sites for hydroxylation is 1. The zero-order valence-electron chi connectivity index (χ0n) is 13.0. The van der Waals surface area contributed by atoms with Crippen molar-refractivity contribution in [3.05, 3.63) is 52.0 Å². The molecule has 23 heavy (non-hydrogen) atoms. The highest BCUT2D eigenvalue weighted by Crippen LogP contribution is 2.26. The monoisotopic (exact) mass is 332 g/mol. The predicted molar refractivity (Wildman–Crippen MR) is 88.3 cm³/mol. The lowest BCUT2D eigenvalue weighted by molar-refractivity contribution is -0.124. The molecular formula is C17H17FN2O2S. The number of nitrogens with zero attached hydrogens (tertiary/aromatic N) is 2. The van der Waals surface area contributed by atoms with Gasteiger partial charge in [-0.2, -0.15) is 0 Å². The summed E-state index contributed by atoms with van der Waals surface area (Å²) in [6.45, 7) is 4.22. The number of anilines is 1. The van der Waals surface area contributed by atoms with Crippen LogP contribution >= 0.6 is 11.3 Å². The molecule has 1 unspecified atom stereocenters. The Hall–Kier alpha value is -2.21. The lowest BCUT2D eigenvalue weighted by Gasteiger charge is -2.39. The minimum absolute atomic E-state index is 0.148. The van der Waals surface area contributed by atoms with Crippen molar-refractivity contribution in [2.24, 2.45) is 0 Å². The molecule has 2 aromatic rings. The zero-order chi connectivity index (χ0) is 16.6. The van der Waals surface area contributed by atoms with Crippen LogP contribution in [0.3, 0.4) is 0 Å². The third-order valence-electron chi connectivity index (χ3n) is 4.04. The first-order valence-corrected chi connectivity index (χ1v) is 8.29. The van der Waals surface area contributed by atoms with Gasteiger partial charge in [-0.05, 0) is 43.0 Å². The number of hydrogen-bond acceptors (Lipinski definition) is 3. The molecule has 0 radical (unpaired) electrons. The van der Waals surface area contributed by atoms with Crippen molar-refractivity contribution in [1.29, 1.82) is 0 Å². The molecule has 1 atom stereocenters. The first-order chi connectivity index (χ1) is 11.0. The maximum Gasteiger partial charge on any atom is 0.264 e. The van der Waals surface area contributed by atoms with Crippen LogP contribution < -0.4 is 4.90 Å². The number of piperazine rings is 1. The Bertz CT molecular complexity index is 745. The van der Waals surface area contributed by atoms with Gasteiger partial charge in [0.15, 0.2) is 0 Å². The highest BCUT2D eigenvalue weighted by atomic mass is 32.1. The van der Waals surface area contributed by atoms with E-state index in [9.17, 15) is 14.0 Å². The number of benzene rings is 1. The molecule has 2 amide bonds. The third-order valence-corrected chi connectivity index (χ3v) is 4.90. The largest absolute Gasteiger partial charge is 0.324 e. The highest BCUT2D eigenvalue weighted by molar-refractivity contribution is 7.12. The number of thiophene rings is 1. The quantitative estimate of drug-likeness (QED) is 0.848. The van der Waals surface area contributed by atoms with Crippen molar-refractivity contribution in [2.45, 2.75) is 19.9 Å². The number of amides is 2. The normalized spacial score (nSPS) is 18.4. The molecule has 0 saturated carbocycles. The van der Waals surface area contributed by atoms with Crippen LogP contribution in [0, 0.1) is 12.7 Å². The van der Waals surface area contributed by atoms with Gasteiger partial charge >= 0.3 is 0 Å². The summed E-state index contributed by atoms with van der Waals surface area (Å²) in [5.74, 6) is -0.829. The van der Waals surface area contributed by atoms with Gasteiger partial charge in [-0.3, -0.25) is 9.59 Å². The van der Waals surface area contributed by atoms with E-state index in [-0.39, 0.29) is 17.5 Å². The van der Waals surface area contributed by atoms with E-state index < -0.39 is 11.9 Å². The lowest BCUT2D eigenvalue weighted by Crippen LogP contribution is -2.57. The molecule has 0 bridgehead atoms. The van der Waals surface area contributed by atoms with Crippen molar-refractivity contribution in [3.8, 4) is 0 Å². The van der Waals surface area contributed by atoms with Crippen molar-refractivity contribution in [3.63, 3.8) is 0 Å². The summed E-state index contributed by atoms with van der Waals surface area (Å²) in [4.78, 5) is 28.7. The summed E-state index contributed by atoms with van der Waals surface area (Å²) >= 11 is 1.35. The van der Waals surface area contributed by atoms with Gasteiger partial charge in [-0.15, -0.1) is 11.3 Å². The van der Waals surface area contributed by atoms with Gasteiger partial charge in [0.05, 0.1) is 10.6 Å². The van der Waals surface area contributed by atoms with E-state index >= 15 is 0 Å². The van der Waals surface area contributed by atoms with E-state index in [0.29, 0.717) is 18.0 Å². The van der Waals surface area contributed by atoms with Crippen LogP contribution in [0.1, 0.15) is 22.2 Å². The average molecular weight is 332 g/mol. The molecule has 120 valence electrons. The first kappa shape index (κ1) is 15.7. The van der Waals surface area contributed by atoms with Gasteiger partial charge < -0.3 is 9.80 Å². The fraction of sp³-hybridized carbons (Fsp3) is 0.294. The second-order valence-electron chi connectivity index (χ2n) is 5.60. The van der Waals surface area contributed by atoms with Crippen LogP contribution in [0.2, 0.25) is 0 Å². The standard InChI is InChI=1S/C17H17FN2O2S/c1-11-5-6-13(18)14(10-11)20-8-7-19(12(2)16(20)21)17(22)15-4-3-9-23-15/h3-6,9-10,12H,7-8H2,1-2H3. The molecule has 6 heteroatoms. The molecule has 3 rings (SSSR count). The molecule has 4 nitrogen and oxygen atoms in total. The molecule has 0 spiro atoms. The lowest BCUT2D eigenvalue weighted by atomic mass is 10.1. The van der Waals surface area contributed by atoms with Crippen LogP contribution in [0.5, 0.6) is 0 Å². The Morgan fingerprint density at radius 2 is 2.09 bits per heavy atom. The highest BCUT2D eigenvalue weighted by Gasteiger charge is 2.36. The number of carbonyl (C=O) groups is 2. The van der Waals surface area contributed by atoms with E-state index in [0.717, 1.165) is 5.56 Å². The van der Waals surface area contributed by atoms with E-state index in [4.69, 9.17) is 0 Å². The SMILES string of the molecule is Cc1ccc(F)c(N2CCN(C(=O)c3cccs3)C(C)C2=O)c1.